The minimum absolute atomic E-state index is 0.158. The molecule has 0 aromatic heterocycles. The van der Waals surface area contributed by atoms with Crippen molar-refractivity contribution >= 4 is 35.3 Å². The predicted molar refractivity (Wildman–Crippen MR) is 145 cm³/mol. The molecule has 198 valence electrons. The van der Waals surface area contributed by atoms with E-state index in [4.69, 9.17) is 0 Å². The molecule has 5 nitrogen and oxygen atoms in total. The van der Waals surface area contributed by atoms with Gasteiger partial charge in [-0.05, 0) is 54.9 Å². The van der Waals surface area contributed by atoms with Crippen LogP contribution >= 0.6 is 11.8 Å². The Bertz CT molecular complexity index is 1290. The number of nitrogens with zero attached hydrogens (tertiary/aromatic N) is 2. The molecule has 2 amide bonds. The molecule has 0 saturated heterocycles. The predicted octanol–water partition coefficient (Wildman–Crippen LogP) is 5.48. The van der Waals surface area contributed by atoms with Gasteiger partial charge in [0.1, 0.15) is 6.54 Å². The molecular weight excluding hydrogens is 511 g/mol. The van der Waals surface area contributed by atoms with Crippen molar-refractivity contribution in [2.75, 3.05) is 38.1 Å². The highest BCUT2D eigenvalue weighted by Crippen LogP contribution is 2.42. The van der Waals surface area contributed by atoms with Gasteiger partial charge in [-0.1, -0.05) is 66.4 Å². The van der Waals surface area contributed by atoms with Crippen molar-refractivity contribution in [2.45, 2.75) is 17.5 Å². The van der Waals surface area contributed by atoms with Gasteiger partial charge in [-0.3, -0.25) is 14.5 Å². The van der Waals surface area contributed by atoms with Gasteiger partial charge >= 0.3 is 6.18 Å². The fourth-order valence-electron chi connectivity index (χ4n) is 4.00. The lowest BCUT2D eigenvalue weighted by Gasteiger charge is -2.30. The summed E-state index contributed by atoms with van der Waals surface area (Å²) in [5.74, 6) is -0.658. The van der Waals surface area contributed by atoms with E-state index in [1.807, 2.05) is 37.4 Å². The summed E-state index contributed by atoms with van der Waals surface area (Å²) < 4.78 is 38.7. The van der Waals surface area contributed by atoms with Gasteiger partial charge in [-0.15, -0.1) is 0 Å². The van der Waals surface area contributed by atoms with E-state index in [0.29, 0.717) is 29.2 Å². The third-order valence-electron chi connectivity index (χ3n) is 6.11. The average molecular weight is 540 g/mol. The summed E-state index contributed by atoms with van der Waals surface area (Å²) in [5, 5.41) is 2.89. The molecule has 0 atom stereocenters. The number of nitrogens with one attached hydrogen (secondary N) is 1. The van der Waals surface area contributed by atoms with Crippen molar-refractivity contribution in [1.29, 1.82) is 0 Å². The van der Waals surface area contributed by atoms with Crippen LogP contribution in [0.1, 0.15) is 16.7 Å². The Kier molecular flexibility index (Phi) is 8.91. The van der Waals surface area contributed by atoms with E-state index >= 15 is 0 Å². The highest BCUT2D eigenvalue weighted by molar-refractivity contribution is 8.04. The second-order valence-electron chi connectivity index (χ2n) is 8.98. The Labute approximate surface area is 224 Å². The lowest BCUT2D eigenvalue weighted by Crippen LogP contribution is -2.44. The van der Waals surface area contributed by atoms with E-state index in [9.17, 15) is 22.8 Å². The van der Waals surface area contributed by atoms with E-state index in [-0.39, 0.29) is 18.4 Å². The summed E-state index contributed by atoms with van der Waals surface area (Å²) in [6.07, 6.45) is -1.97. The number of anilines is 1. The first-order chi connectivity index (χ1) is 18.2. The van der Waals surface area contributed by atoms with Crippen molar-refractivity contribution in [3.05, 3.63) is 100 Å². The van der Waals surface area contributed by atoms with Crippen LogP contribution in [0.15, 0.2) is 88.7 Å². The Morgan fingerprint density at radius 1 is 0.974 bits per heavy atom. The van der Waals surface area contributed by atoms with Crippen LogP contribution in [0.3, 0.4) is 0 Å². The fourth-order valence-corrected chi connectivity index (χ4v) is 5.06. The molecule has 0 spiro atoms. The molecule has 3 aromatic rings. The number of fused-ring (bicyclic) bond motifs is 1. The zero-order valence-electron chi connectivity index (χ0n) is 20.9. The van der Waals surface area contributed by atoms with Crippen LogP contribution < -0.4 is 10.2 Å². The van der Waals surface area contributed by atoms with Crippen LogP contribution in [0, 0.1) is 0 Å². The number of hydrogen-bond acceptors (Lipinski definition) is 4. The van der Waals surface area contributed by atoms with Crippen molar-refractivity contribution in [2.24, 2.45) is 0 Å². The first-order valence-corrected chi connectivity index (χ1v) is 13.0. The number of rotatable bonds is 9. The molecule has 1 heterocycles. The Morgan fingerprint density at radius 2 is 1.66 bits per heavy atom. The van der Waals surface area contributed by atoms with E-state index in [1.54, 1.807) is 18.2 Å². The van der Waals surface area contributed by atoms with Crippen LogP contribution in [-0.4, -0.2) is 49.9 Å². The highest BCUT2D eigenvalue weighted by atomic mass is 32.2. The lowest BCUT2D eigenvalue weighted by atomic mass is 10.1. The number of carbonyl (C=O) groups is 2. The van der Waals surface area contributed by atoms with Crippen molar-refractivity contribution < 1.29 is 22.8 Å². The zero-order chi connectivity index (χ0) is 27.1. The maximum Gasteiger partial charge on any atom is 0.416 e. The van der Waals surface area contributed by atoms with Crippen molar-refractivity contribution in [1.82, 2.24) is 10.2 Å². The van der Waals surface area contributed by atoms with Crippen LogP contribution in [0.4, 0.5) is 18.9 Å². The number of thioether (sulfide) groups is 1. The third-order valence-corrected chi connectivity index (χ3v) is 7.19. The van der Waals surface area contributed by atoms with E-state index < -0.39 is 11.7 Å². The normalized spacial score (nSPS) is 14.6. The summed E-state index contributed by atoms with van der Waals surface area (Å²) in [7, 11) is 2.00. The minimum Gasteiger partial charge on any atom is -0.353 e. The number of amides is 2. The molecular formula is C29H28F3N3O2S. The topological polar surface area (TPSA) is 52.7 Å². The molecule has 0 unspecified atom stereocenters. The summed E-state index contributed by atoms with van der Waals surface area (Å²) >= 11 is 1.24. The van der Waals surface area contributed by atoms with Gasteiger partial charge in [0.05, 0.1) is 16.2 Å². The van der Waals surface area contributed by atoms with Gasteiger partial charge in [0.15, 0.2) is 0 Å². The molecule has 38 heavy (non-hydrogen) atoms. The highest BCUT2D eigenvalue weighted by Gasteiger charge is 2.31. The lowest BCUT2D eigenvalue weighted by molar-refractivity contribution is -0.137. The third kappa shape index (κ3) is 7.26. The first-order valence-electron chi connectivity index (χ1n) is 12.2. The number of carbonyl (C=O) groups excluding carboxylic acids is 2. The van der Waals surface area contributed by atoms with E-state index in [0.717, 1.165) is 30.0 Å². The summed E-state index contributed by atoms with van der Waals surface area (Å²) in [6.45, 7) is 1.80. The zero-order valence-corrected chi connectivity index (χ0v) is 21.7. The molecule has 1 N–H and O–H groups in total. The van der Waals surface area contributed by atoms with E-state index in [1.165, 1.54) is 34.4 Å². The molecule has 1 aliphatic rings. The van der Waals surface area contributed by atoms with Gasteiger partial charge in [-0.25, -0.2) is 0 Å². The maximum atomic E-state index is 13.3. The largest absolute Gasteiger partial charge is 0.416 e. The summed E-state index contributed by atoms with van der Waals surface area (Å²) in [5.41, 5.74) is 1.60. The monoisotopic (exact) mass is 539 g/mol. The smallest absolute Gasteiger partial charge is 0.353 e. The molecule has 9 heteroatoms. The molecule has 3 aromatic carbocycles. The van der Waals surface area contributed by atoms with Gasteiger partial charge in [0.25, 0.3) is 5.91 Å². The van der Waals surface area contributed by atoms with E-state index in [2.05, 4.69) is 22.3 Å². The Balaban J connectivity index is 1.37. The molecule has 0 saturated carbocycles. The Morgan fingerprint density at radius 3 is 2.37 bits per heavy atom. The first kappa shape index (κ1) is 27.5. The van der Waals surface area contributed by atoms with Crippen molar-refractivity contribution in [3.63, 3.8) is 0 Å². The van der Waals surface area contributed by atoms with Gasteiger partial charge < -0.3 is 10.2 Å². The van der Waals surface area contributed by atoms with Gasteiger partial charge in [-0.2, -0.15) is 13.2 Å². The molecule has 0 aliphatic carbocycles. The Hall–Kier alpha value is -3.56. The van der Waals surface area contributed by atoms with Gasteiger partial charge in [0.2, 0.25) is 5.91 Å². The fraction of sp³-hybridized carbons (Fsp3) is 0.241. The van der Waals surface area contributed by atoms with Crippen molar-refractivity contribution in [3.8, 4) is 0 Å². The number of alkyl halides is 3. The summed E-state index contributed by atoms with van der Waals surface area (Å²) in [4.78, 5) is 30.8. The molecule has 0 bridgehead atoms. The number of halogens is 3. The molecule has 0 radical (unpaired) electrons. The minimum atomic E-state index is -4.43. The maximum absolute atomic E-state index is 13.3. The quantitative estimate of drug-likeness (QED) is 0.366. The van der Waals surface area contributed by atoms with Gasteiger partial charge in [0, 0.05) is 24.5 Å². The molecule has 1 aliphatic heterocycles. The number of likely N-dealkylation sites (N-methyl/N-ethyl adjacent to an activating group) is 1. The standard InChI is InChI=1S/C29H28F3N3O2S/c1-34(17-15-21-7-3-2-4-8-21)18-16-33-27(36)20-35-24-9-5-6-10-25(24)38-26(28(35)37)19-22-11-13-23(14-12-22)29(30,31)32/h2-14,19H,15-18,20H2,1H3,(H,33,36)/b26-19-. The van der Waals surface area contributed by atoms with Crippen LogP contribution in [-0.2, 0) is 22.2 Å². The number of para-hydroxylation sites is 1. The van der Waals surface area contributed by atoms with Crippen LogP contribution in [0.25, 0.3) is 6.08 Å². The molecule has 4 rings (SSSR count). The van der Waals surface area contributed by atoms with Crippen LogP contribution in [0.2, 0.25) is 0 Å². The number of benzene rings is 3. The number of hydrogen-bond donors (Lipinski definition) is 1. The SMILES string of the molecule is CN(CCNC(=O)CN1C(=O)/C(=C/c2ccc(C(F)(F)F)cc2)Sc2ccccc21)CCc1ccccc1. The second kappa shape index (κ2) is 12.3. The average Bonchev–Trinajstić information content (AvgIpc) is 2.90. The second-order valence-corrected chi connectivity index (χ2v) is 10.1. The molecule has 0 fully saturated rings. The van der Waals surface area contributed by atoms with Crippen LogP contribution in [0.5, 0.6) is 0 Å². The summed E-state index contributed by atoms with van der Waals surface area (Å²) in [6, 6.07) is 22.1.